The molecule has 0 heterocycles. The molecule has 0 fully saturated rings. The lowest BCUT2D eigenvalue weighted by Crippen LogP contribution is -2.14. The normalized spacial score (nSPS) is 11.1. The van der Waals surface area contributed by atoms with Gasteiger partial charge in [-0.1, -0.05) is 32.5 Å². The van der Waals surface area contributed by atoms with Crippen molar-refractivity contribution < 1.29 is 9.53 Å². The third-order valence-electron chi connectivity index (χ3n) is 1.83. The lowest BCUT2D eigenvalue weighted by Gasteiger charge is -2.12. The highest BCUT2D eigenvalue weighted by Gasteiger charge is 2.14. The van der Waals surface area contributed by atoms with Crippen molar-refractivity contribution in [1.29, 1.82) is 0 Å². The van der Waals surface area contributed by atoms with Crippen LogP contribution in [0.1, 0.15) is 19.3 Å². The van der Waals surface area contributed by atoms with E-state index in [2.05, 4.69) is 41.5 Å². The monoisotopic (exact) mass is 326 g/mol. The summed E-state index contributed by atoms with van der Waals surface area (Å²) in [5.74, 6) is -0.311. The minimum Gasteiger partial charge on any atom is -0.463 e. The number of halogens is 1. The van der Waals surface area contributed by atoms with Gasteiger partial charge in [-0.05, 0) is 12.5 Å². The van der Waals surface area contributed by atoms with Gasteiger partial charge in [0.15, 0.2) is 0 Å². The number of ether oxygens (including phenoxy) is 1. The molecule has 0 N–H and O–H groups in total. The Bertz CT molecular complexity index is 187. The van der Waals surface area contributed by atoms with E-state index in [1.54, 1.807) is 0 Å². The molecule has 0 spiro atoms. The van der Waals surface area contributed by atoms with Gasteiger partial charge in [0.25, 0.3) is 0 Å². The first-order valence-corrected chi connectivity index (χ1v) is 11.3. The molecule has 2 nitrogen and oxygen atoms in total. The van der Waals surface area contributed by atoms with Crippen LogP contribution in [-0.4, -0.2) is 18.1 Å². The van der Waals surface area contributed by atoms with Crippen molar-refractivity contribution in [3.05, 3.63) is 12.7 Å². The number of hydrogen-bond acceptors (Lipinski definition) is 2. The summed E-state index contributed by atoms with van der Waals surface area (Å²) >= 11 is 2.59. The lowest BCUT2D eigenvalue weighted by atomic mass is 10.3. The minimum atomic E-state index is -0.900. The van der Waals surface area contributed by atoms with Crippen molar-refractivity contribution in [2.24, 2.45) is 0 Å². The molecule has 0 amide bonds. The number of unbranched alkanes of at least 4 members (excludes halogenated alkanes) is 2. The molecule has 0 bridgehead atoms. The van der Waals surface area contributed by atoms with E-state index in [1.165, 1.54) is 18.5 Å². The second-order valence-corrected chi connectivity index (χ2v) is 16.6. The molecule has 82 valence electrons. The molecule has 0 atom stereocenters. The predicted molar refractivity (Wildman–Crippen MR) is 71.3 cm³/mol. The summed E-state index contributed by atoms with van der Waals surface area (Å²) in [6.07, 6.45) is 4.60. The van der Waals surface area contributed by atoms with E-state index in [4.69, 9.17) is 4.74 Å². The fraction of sp³-hybridized carbons (Fsp3) is 0.700. The van der Waals surface area contributed by atoms with E-state index in [0.717, 1.165) is 12.8 Å². The average molecular weight is 326 g/mol. The quantitative estimate of drug-likeness (QED) is 0.179. The van der Waals surface area contributed by atoms with Crippen molar-refractivity contribution in [3.63, 3.8) is 0 Å². The molecule has 0 aromatic rings. The van der Waals surface area contributed by atoms with Gasteiger partial charge in [0.2, 0.25) is 0 Å². The van der Waals surface area contributed by atoms with Gasteiger partial charge in [-0.15, -0.1) is 21.8 Å². The Morgan fingerprint density at radius 3 is 2.57 bits per heavy atom. The van der Waals surface area contributed by atoms with Crippen LogP contribution in [0.2, 0.25) is 19.1 Å². The second-order valence-electron chi connectivity index (χ2n) is 3.90. The first kappa shape index (κ1) is 14.2. The van der Waals surface area contributed by atoms with Gasteiger partial charge < -0.3 is 4.74 Å². The zero-order valence-corrected chi connectivity index (χ0v) is 12.2. The van der Waals surface area contributed by atoms with E-state index in [9.17, 15) is 4.79 Å². The van der Waals surface area contributed by atoms with Crippen molar-refractivity contribution in [1.82, 2.24) is 0 Å². The van der Waals surface area contributed by atoms with E-state index in [0.29, 0.717) is 6.61 Å². The van der Waals surface area contributed by atoms with Gasteiger partial charge in [-0.3, -0.25) is 0 Å². The SMILES string of the molecule is C=CC(=O)OCCCCC[Si](C)(C)I. The fourth-order valence-electron chi connectivity index (χ4n) is 1.06. The maximum absolute atomic E-state index is 10.7. The smallest absolute Gasteiger partial charge is 0.330 e. The fourth-order valence-corrected chi connectivity index (χ4v) is 3.29. The Morgan fingerprint density at radius 1 is 1.43 bits per heavy atom. The molecular formula is C10H19IO2Si. The average Bonchev–Trinajstić information content (AvgIpc) is 2.08. The molecule has 14 heavy (non-hydrogen) atoms. The van der Waals surface area contributed by atoms with Crippen LogP contribution in [0, 0.1) is 0 Å². The summed E-state index contributed by atoms with van der Waals surface area (Å²) in [6.45, 7) is 8.61. The number of esters is 1. The van der Waals surface area contributed by atoms with Gasteiger partial charge >= 0.3 is 5.97 Å². The largest absolute Gasteiger partial charge is 0.463 e. The molecule has 0 unspecified atom stereocenters. The third-order valence-corrected chi connectivity index (χ3v) is 4.99. The van der Waals surface area contributed by atoms with Crippen molar-refractivity contribution in [3.8, 4) is 0 Å². The summed E-state index contributed by atoms with van der Waals surface area (Å²) < 4.78 is 4.88. The van der Waals surface area contributed by atoms with Crippen LogP contribution in [0.5, 0.6) is 0 Å². The minimum absolute atomic E-state index is 0.311. The summed E-state index contributed by atoms with van der Waals surface area (Å²) in [4.78, 5) is 10.7. The molecule has 0 rings (SSSR count). The third kappa shape index (κ3) is 10.2. The molecule has 0 aromatic carbocycles. The number of rotatable bonds is 7. The molecule has 0 aliphatic carbocycles. The van der Waals surface area contributed by atoms with Crippen molar-refractivity contribution >= 4 is 33.3 Å². The first-order chi connectivity index (χ1) is 6.45. The van der Waals surface area contributed by atoms with E-state index in [-0.39, 0.29) is 5.97 Å². The lowest BCUT2D eigenvalue weighted by molar-refractivity contribution is -0.137. The predicted octanol–water partition coefficient (Wildman–Crippen LogP) is 3.53. The maximum atomic E-state index is 10.7. The standard InChI is InChI=1S/C10H19IO2Si/c1-4-10(12)13-8-6-5-7-9-14(2,3)11/h4H,1,5-9H2,2-3H3. The molecule has 0 saturated heterocycles. The van der Waals surface area contributed by atoms with Crippen molar-refractivity contribution in [2.45, 2.75) is 38.4 Å². The highest BCUT2D eigenvalue weighted by Crippen LogP contribution is 2.20. The van der Waals surface area contributed by atoms with Gasteiger partial charge in [0.05, 0.1) is 6.61 Å². The van der Waals surface area contributed by atoms with Crippen LogP contribution in [0.4, 0.5) is 0 Å². The Kier molecular flexibility index (Phi) is 7.53. The van der Waals surface area contributed by atoms with Gasteiger partial charge in [-0.25, -0.2) is 4.79 Å². The highest BCUT2D eigenvalue weighted by atomic mass is 127. The van der Waals surface area contributed by atoms with Crippen LogP contribution in [0.15, 0.2) is 12.7 Å². The summed E-state index contributed by atoms with van der Waals surface area (Å²) in [5.41, 5.74) is -0.900. The molecule has 0 aliphatic heterocycles. The zero-order chi connectivity index (χ0) is 11.0. The molecule has 4 heteroatoms. The number of hydrogen-bond donors (Lipinski definition) is 0. The maximum Gasteiger partial charge on any atom is 0.330 e. The molecule has 0 saturated carbocycles. The molecule has 0 aromatic heterocycles. The van der Waals surface area contributed by atoms with Crippen LogP contribution in [-0.2, 0) is 9.53 Å². The molecular weight excluding hydrogens is 307 g/mol. The Labute approximate surface area is 100 Å². The Morgan fingerprint density at radius 2 is 2.07 bits per heavy atom. The van der Waals surface area contributed by atoms with Crippen LogP contribution < -0.4 is 0 Å². The number of carbonyl (C=O) groups is 1. The van der Waals surface area contributed by atoms with Gasteiger partial charge in [0.1, 0.15) is 5.57 Å². The Hall–Kier alpha value is 0.157. The highest BCUT2D eigenvalue weighted by molar-refractivity contribution is 14.1. The first-order valence-electron chi connectivity index (χ1n) is 4.94. The van der Waals surface area contributed by atoms with Crippen molar-refractivity contribution in [2.75, 3.05) is 6.61 Å². The topological polar surface area (TPSA) is 26.3 Å². The molecule has 0 radical (unpaired) electrons. The Balaban J connectivity index is 3.22. The van der Waals surface area contributed by atoms with Crippen LogP contribution >= 0.6 is 21.8 Å². The zero-order valence-electron chi connectivity index (χ0n) is 9.01. The second kappa shape index (κ2) is 7.45. The van der Waals surface area contributed by atoms with Gasteiger partial charge in [-0.2, -0.15) is 0 Å². The van der Waals surface area contributed by atoms with Crippen LogP contribution in [0.3, 0.4) is 0 Å². The summed E-state index contributed by atoms with van der Waals surface area (Å²) in [5, 5.41) is 0. The van der Waals surface area contributed by atoms with Crippen LogP contribution in [0.25, 0.3) is 0 Å². The van der Waals surface area contributed by atoms with Gasteiger partial charge in [0, 0.05) is 6.08 Å². The van der Waals surface area contributed by atoms with E-state index in [1.807, 2.05) is 0 Å². The molecule has 0 aliphatic rings. The van der Waals surface area contributed by atoms with E-state index >= 15 is 0 Å². The summed E-state index contributed by atoms with van der Waals surface area (Å²) in [7, 11) is 0. The summed E-state index contributed by atoms with van der Waals surface area (Å²) in [6, 6.07) is 1.35. The number of carbonyl (C=O) groups excluding carboxylic acids is 1. The van der Waals surface area contributed by atoms with E-state index < -0.39 is 5.57 Å².